The van der Waals surface area contributed by atoms with Crippen LogP contribution >= 0.6 is 0 Å². The maximum absolute atomic E-state index is 13.0. The number of nitrogens with zero attached hydrogens (tertiary/aromatic N) is 3. The van der Waals surface area contributed by atoms with Gasteiger partial charge in [-0.3, -0.25) is 9.69 Å². The van der Waals surface area contributed by atoms with E-state index in [1.165, 1.54) is 5.56 Å². The standard InChI is InChI=1S/C29H41N5O4/c1-20(2)34(21(3)4)16-17-38-27-19-23(7-10-26(27)37-5)30-29(36)33-14-12-32(13-15-33)24-8-9-25-22(18-24)6-11-28(35)31-25/h7-10,18-21H,6,11-17H2,1-5H3,(H,30,36)(H,31,35). The lowest BCUT2D eigenvalue weighted by Crippen LogP contribution is -2.50. The van der Waals surface area contributed by atoms with Gasteiger partial charge in [-0.05, 0) is 70.0 Å². The molecule has 3 amide bonds. The van der Waals surface area contributed by atoms with Crippen LogP contribution in [0.3, 0.4) is 0 Å². The predicted octanol–water partition coefficient (Wildman–Crippen LogP) is 4.43. The topological polar surface area (TPSA) is 86.4 Å². The summed E-state index contributed by atoms with van der Waals surface area (Å²) >= 11 is 0. The lowest BCUT2D eigenvalue weighted by Gasteiger charge is -2.36. The summed E-state index contributed by atoms with van der Waals surface area (Å²) in [5.74, 6) is 1.33. The number of anilines is 3. The number of carbonyl (C=O) groups is 2. The molecule has 2 aromatic rings. The number of nitrogens with one attached hydrogen (secondary N) is 2. The fourth-order valence-corrected chi connectivity index (χ4v) is 5.18. The molecular formula is C29H41N5O4. The highest BCUT2D eigenvalue weighted by Gasteiger charge is 2.23. The molecule has 2 aliphatic rings. The highest BCUT2D eigenvalue weighted by molar-refractivity contribution is 5.94. The molecule has 0 unspecified atom stereocenters. The minimum Gasteiger partial charge on any atom is -0.493 e. The van der Waals surface area contributed by atoms with E-state index in [1.807, 2.05) is 35.2 Å². The molecule has 2 heterocycles. The Hall–Kier alpha value is -3.46. The van der Waals surface area contributed by atoms with Gasteiger partial charge in [-0.15, -0.1) is 0 Å². The Balaban J connectivity index is 1.31. The Morgan fingerprint density at radius 2 is 1.74 bits per heavy atom. The van der Waals surface area contributed by atoms with Gasteiger partial charge in [0.25, 0.3) is 0 Å². The summed E-state index contributed by atoms with van der Waals surface area (Å²) in [6.07, 6.45) is 1.29. The maximum Gasteiger partial charge on any atom is 0.321 e. The molecule has 0 aromatic heterocycles. The van der Waals surface area contributed by atoms with Crippen LogP contribution in [0, 0.1) is 0 Å². The Morgan fingerprint density at radius 1 is 1.00 bits per heavy atom. The molecule has 38 heavy (non-hydrogen) atoms. The van der Waals surface area contributed by atoms with Crippen LogP contribution in [0.1, 0.15) is 39.7 Å². The Bertz CT molecular complexity index is 1120. The summed E-state index contributed by atoms with van der Waals surface area (Å²) in [7, 11) is 1.62. The van der Waals surface area contributed by atoms with Crippen LogP contribution in [0.2, 0.25) is 0 Å². The number of rotatable bonds is 9. The second-order valence-electron chi connectivity index (χ2n) is 10.4. The minimum absolute atomic E-state index is 0.0734. The molecule has 2 N–H and O–H groups in total. The van der Waals surface area contributed by atoms with Crippen molar-refractivity contribution in [2.45, 2.75) is 52.6 Å². The molecule has 1 saturated heterocycles. The molecule has 4 rings (SSSR count). The van der Waals surface area contributed by atoms with Crippen molar-refractivity contribution in [3.05, 3.63) is 42.0 Å². The van der Waals surface area contributed by atoms with Gasteiger partial charge in [0.2, 0.25) is 5.91 Å². The van der Waals surface area contributed by atoms with Crippen molar-refractivity contribution in [1.29, 1.82) is 0 Å². The Morgan fingerprint density at radius 3 is 2.42 bits per heavy atom. The summed E-state index contributed by atoms with van der Waals surface area (Å²) in [4.78, 5) is 31.2. The third-order valence-corrected chi connectivity index (χ3v) is 7.26. The quantitative estimate of drug-likeness (QED) is 0.506. The van der Waals surface area contributed by atoms with Gasteiger partial charge in [-0.1, -0.05) is 0 Å². The molecule has 0 radical (unpaired) electrons. The summed E-state index contributed by atoms with van der Waals surface area (Å²) in [5.41, 5.74) is 3.88. The summed E-state index contributed by atoms with van der Waals surface area (Å²) in [5, 5.41) is 5.95. The van der Waals surface area contributed by atoms with Crippen molar-refractivity contribution in [2.24, 2.45) is 0 Å². The number of carbonyl (C=O) groups excluding carboxylic acids is 2. The van der Waals surface area contributed by atoms with Crippen LogP contribution in [0.15, 0.2) is 36.4 Å². The first-order valence-electron chi connectivity index (χ1n) is 13.6. The van der Waals surface area contributed by atoms with Crippen molar-refractivity contribution in [2.75, 3.05) is 62.0 Å². The average molecular weight is 524 g/mol. The number of aryl methyl sites for hydroxylation is 1. The smallest absolute Gasteiger partial charge is 0.321 e. The third kappa shape index (κ3) is 6.69. The third-order valence-electron chi connectivity index (χ3n) is 7.26. The van der Waals surface area contributed by atoms with Crippen LogP contribution in [-0.2, 0) is 11.2 Å². The summed E-state index contributed by atoms with van der Waals surface area (Å²) in [6.45, 7) is 12.8. The first-order valence-corrected chi connectivity index (χ1v) is 13.6. The normalized spacial score (nSPS) is 15.5. The van der Waals surface area contributed by atoms with E-state index in [1.54, 1.807) is 7.11 Å². The molecule has 0 atom stereocenters. The van der Waals surface area contributed by atoms with Gasteiger partial charge in [0.15, 0.2) is 11.5 Å². The number of methoxy groups -OCH3 is 1. The first kappa shape index (κ1) is 27.6. The van der Waals surface area contributed by atoms with E-state index >= 15 is 0 Å². The summed E-state index contributed by atoms with van der Waals surface area (Å²) < 4.78 is 11.6. The molecule has 206 valence electrons. The number of benzene rings is 2. The first-order chi connectivity index (χ1) is 18.2. The second-order valence-corrected chi connectivity index (χ2v) is 10.4. The molecular weight excluding hydrogens is 482 g/mol. The van der Waals surface area contributed by atoms with Crippen molar-refractivity contribution < 1.29 is 19.1 Å². The van der Waals surface area contributed by atoms with Crippen LogP contribution in [-0.4, -0.2) is 80.3 Å². The van der Waals surface area contributed by atoms with Gasteiger partial charge >= 0.3 is 6.03 Å². The molecule has 2 aliphatic heterocycles. The fraction of sp³-hybridized carbons (Fsp3) is 0.517. The lowest BCUT2D eigenvalue weighted by molar-refractivity contribution is -0.116. The van der Waals surface area contributed by atoms with E-state index in [2.05, 4.69) is 54.2 Å². The molecule has 0 saturated carbocycles. The van der Waals surface area contributed by atoms with Crippen LogP contribution in [0.4, 0.5) is 21.9 Å². The SMILES string of the molecule is COc1ccc(NC(=O)N2CCN(c3ccc4c(c3)CCC(=O)N4)CC2)cc1OCCN(C(C)C)C(C)C. The zero-order chi connectivity index (χ0) is 27.2. The number of fused-ring (bicyclic) bond motifs is 1. The van der Waals surface area contributed by atoms with E-state index in [0.29, 0.717) is 55.4 Å². The van der Waals surface area contributed by atoms with E-state index in [-0.39, 0.29) is 11.9 Å². The lowest BCUT2D eigenvalue weighted by atomic mass is 10.0. The molecule has 0 spiro atoms. The molecule has 9 heteroatoms. The minimum atomic E-state index is -0.125. The summed E-state index contributed by atoms with van der Waals surface area (Å²) in [6, 6.07) is 12.4. The van der Waals surface area contributed by atoms with Crippen LogP contribution < -0.4 is 25.0 Å². The van der Waals surface area contributed by atoms with Crippen molar-refractivity contribution in [3.63, 3.8) is 0 Å². The number of hydrogen-bond acceptors (Lipinski definition) is 6. The number of ether oxygens (including phenoxy) is 2. The molecule has 9 nitrogen and oxygen atoms in total. The van der Waals surface area contributed by atoms with Crippen LogP contribution in [0.25, 0.3) is 0 Å². The second kappa shape index (κ2) is 12.4. The number of amides is 3. The van der Waals surface area contributed by atoms with Crippen molar-refractivity contribution in [1.82, 2.24) is 9.80 Å². The van der Waals surface area contributed by atoms with Gasteiger partial charge in [-0.2, -0.15) is 0 Å². The molecule has 1 fully saturated rings. The molecule has 0 bridgehead atoms. The molecule has 2 aromatic carbocycles. The zero-order valence-corrected chi connectivity index (χ0v) is 23.3. The number of hydrogen-bond donors (Lipinski definition) is 2. The number of piperazine rings is 1. The largest absolute Gasteiger partial charge is 0.493 e. The Labute approximate surface area is 226 Å². The predicted molar refractivity (Wildman–Crippen MR) is 152 cm³/mol. The van der Waals surface area contributed by atoms with Gasteiger partial charge in [-0.25, -0.2) is 4.79 Å². The Kier molecular flexibility index (Phi) is 8.99. The van der Waals surface area contributed by atoms with E-state index < -0.39 is 0 Å². The van der Waals surface area contributed by atoms with Gasteiger partial charge in [0.1, 0.15) is 6.61 Å². The van der Waals surface area contributed by atoms with E-state index in [0.717, 1.165) is 37.4 Å². The van der Waals surface area contributed by atoms with E-state index in [9.17, 15) is 9.59 Å². The van der Waals surface area contributed by atoms with Crippen molar-refractivity contribution >= 4 is 29.0 Å². The highest BCUT2D eigenvalue weighted by atomic mass is 16.5. The van der Waals surface area contributed by atoms with Crippen molar-refractivity contribution in [3.8, 4) is 11.5 Å². The maximum atomic E-state index is 13.0. The highest BCUT2D eigenvalue weighted by Crippen LogP contribution is 2.31. The molecule has 0 aliphatic carbocycles. The van der Waals surface area contributed by atoms with Crippen LogP contribution in [0.5, 0.6) is 11.5 Å². The van der Waals surface area contributed by atoms with Gasteiger partial charge < -0.3 is 29.9 Å². The van der Waals surface area contributed by atoms with E-state index in [4.69, 9.17) is 9.47 Å². The monoisotopic (exact) mass is 523 g/mol. The number of urea groups is 1. The van der Waals surface area contributed by atoms with Gasteiger partial charge in [0, 0.05) is 74.4 Å². The zero-order valence-electron chi connectivity index (χ0n) is 23.3. The van der Waals surface area contributed by atoms with Gasteiger partial charge in [0.05, 0.1) is 7.11 Å². The average Bonchev–Trinajstić information content (AvgIpc) is 2.90. The fourth-order valence-electron chi connectivity index (χ4n) is 5.18.